The quantitative estimate of drug-likeness (QED) is 0.650. The lowest BCUT2D eigenvalue weighted by atomic mass is 10.2. The average molecular weight is 383 g/mol. The van der Waals surface area contributed by atoms with E-state index in [0.29, 0.717) is 18.2 Å². The summed E-state index contributed by atoms with van der Waals surface area (Å²) in [6.07, 6.45) is 5.08. The van der Waals surface area contributed by atoms with E-state index >= 15 is 0 Å². The molecule has 0 saturated heterocycles. The van der Waals surface area contributed by atoms with E-state index in [1.54, 1.807) is 42.9 Å². The summed E-state index contributed by atoms with van der Waals surface area (Å²) >= 11 is 0. The lowest BCUT2D eigenvalue weighted by Crippen LogP contribution is -2.27. The maximum absolute atomic E-state index is 12.2. The summed E-state index contributed by atoms with van der Waals surface area (Å²) in [6, 6.07) is 12.0. The number of hydrogen-bond donors (Lipinski definition) is 2. The molecule has 2 N–H and O–H groups in total. The SMILES string of the molecule is CC(C)CNS(=O)(=O)c1ccc(Nc2nccc(-c3ccncc3)n2)cc1. The maximum atomic E-state index is 12.2. The van der Waals surface area contributed by atoms with Gasteiger partial charge in [0.05, 0.1) is 10.6 Å². The highest BCUT2D eigenvalue weighted by Crippen LogP contribution is 2.20. The van der Waals surface area contributed by atoms with E-state index in [1.807, 2.05) is 32.0 Å². The molecule has 0 bridgehead atoms. The van der Waals surface area contributed by atoms with Gasteiger partial charge in [-0.3, -0.25) is 4.98 Å². The monoisotopic (exact) mass is 383 g/mol. The van der Waals surface area contributed by atoms with Crippen LogP contribution in [0.1, 0.15) is 13.8 Å². The van der Waals surface area contributed by atoms with Crippen LogP contribution in [0.15, 0.2) is 66.0 Å². The predicted octanol–water partition coefficient (Wildman–Crippen LogP) is 3.22. The van der Waals surface area contributed by atoms with Crippen LogP contribution in [-0.2, 0) is 10.0 Å². The molecule has 0 radical (unpaired) electrons. The van der Waals surface area contributed by atoms with Crippen LogP contribution in [0, 0.1) is 5.92 Å². The van der Waals surface area contributed by atoms with Gasteiger partial charge in [-0.15, -0.1) is 0 Å². The van der Waals surface area contributed by atoms with Crippen LogP contribution in [0.4, 0.5) is 11.6 Å². The van der Waals surface area contributed by atoms with Gasteiger partial charge in [0, 0.05) is 36.4 Å². The number of nitrogens with one attached hydrogen (secondary N) is 2. The first-order chi connectivity index (χ1) is 12.9. The van der Waals surface area contributed by atoms with Gasteiger partial charge in [0.1, 0.15) is 0 Å². The number of rotatable bonds is 7. The van der Waals surface area contributed by atoms with E-state index in [-0.39, 0.29) is 10.8 Å². The third-order valence-electron chi connectivity index (χ3n) is 3.73. The minimum absolute atomic E-state index is 0.222. The number of nitrogens with zero attached hydrogens (tertiary/aromatic N) is 3. The lowest BCUT2D eigenvalue weighted by molar-refractivity contribution is 0.560. The minimum Gasteiger partial charge on any atom is -0.324 e. The van der Waals surface area contributed by atoms with Crippen molar-refractivity contribution in [2.75, 3.05) is 11.9 Å². The summed E-state index contributed by atoms with van der Waals surface area (Å²) in [5.41, 5.74) is 2.41. The maximum Gasteiger partial charge on any atom is 0.240 e. The summed E-state index contributed by atoms with van der Waals surface area (Å²) in [6.45, 7) is 4.31. The third-order valence-corrected chi connectivity index (χ3v) is 5.17. The Hall–Kier alpha value is -2.84. The molecule has 0 fully saturated rings. The van der Waals surface area contributed by atoms with Crippen molar-refractivity contribution in [3.63, 3.8) is 0 Å². The average Bonchev–Trinajstić information content (AvgIpc) is 2.68. The Morgan fingerprint density at radius 1 is 0.963 bits per heavy atom. The van der Waals surface area contributed by atoms with E-state index in [2.05, 4.69) is 25.0 Å². The van der Waals surface area contributed by atoms with E-state index in [4.69, 9.17) is 0 Å². The molecule has 1 aromatic carbocycles. The van der Waals surface area contributed by atoms with Crippen molar-refractivity contribution in [1.29, 1.82) is 0 Å². The summed E-state index contributed by atoms with van der Waals surface area (Å²) < 4.78 is 27.1. The Bertz CT molecular complexity index is 990. The van der Waals surface area contributed by atoms with Gasteiger partial charge in [0.25, 0.3) is 0 Å². The highest BCUT2D eigenvalue weighted by Gasteiger charge is 2.14. The number of hydrogen-bond acceptors (Lipinski definition) is 6. The van der Waals surface area contributed by atoms with E-state index in [1.165, 1.54) is 0 Å². The van der Waals surface area contributed by atoms with Gasteiger partial charge in [0.2, 0.25) is 16.0 Å². The highest BCUT2D eigenvalue weighted by molar-refractivity contribution is 7.89. The van der Waals surface area contributed by atoms with Gasteiger partial charge in [-0.1, -0.05) is 13.8 Å². The zero-order valence-corrected chi connectivity index (χ0v) is 15.9. The fourth-order valence-corrected chi connectivity index (χ4v) is 3.52. The van der Waals surface area contributed by atoms with Crippen molar-refractivity contribution >= 4 is 21.7 Å². The van der Waals surface area contributed by atoms with Crippen molar-refractivity contribution in [3.05, 3.63) is 61.1 Å². The van der Waals surface area contributed by atoms with Crippen LogP contribution in [-0.4, -0.2) is 29.9 Å². The molecule has 2 heterocycles. The van der Waals surface area contributed by atoms with E-state index in [0.717, 1.165) is 11.3 Å². The lowest BCUT2D eigenvalue weighted by Gasteiger charge is -2.10. The Labute approximate surface area is 159 Å². The summed E-state index contributed by atoms with van der Waals surface area (Å²) in [4.78, 5) is 12.9. The molecule has 8 heteroatoms. The highest BCUT2D eigenvalue weighted by atomic mass is 32.2. The first kappa shape index (κ1) is 18.9. The van der Waals surface area contributed by atoms with Crippen molar-refractivity contribution in [2.24, 2.45) is 5.92 Å². The standard InChI is InChI=1S/C19H21N5O2S/c1-14(2)13-22-27(25,26)17-5-3-16(4-6-17)23-19-21-12-9-18(24-19)15-7-10-20-11-8-15/h3-12,14,22H,13H2,1-2H3,(H,21,23,24). The van der Waals surface area contributed by atoms with Gasteiger partial charge in [-0.05, 0) is 48.4 Å². The van der Waals surface area contributed by atoms with Gasteiger partial charge in [-0.2, -0.15) is 0 Å². The Morgan fingerprint density at radius 3 is 2.33 bits per heavy atom. The molecule has 3 aromatic rings. The van der Waals surface area contributed by atoms with Crippen LogP contribution >= 0.6 is 0 Å². The normalized spacial score (nSPS) is 11.5. The molecular formula is C19H21N5O2S. The molecule has 0 atom stereocenters. The minimum atomic E-state index is -3.50. The molecule has 27 heavy (non-hydrogen) atoms. The van der Waals surface area contributed by atoms with E-state index < -0.39 is 10.0 Å². The zero-order chi connectivity index (χ0) is 19.3. The molecule has 0 aliphatic heterocycles. The van der Waals surface area contributed by atoms with Crippen LogP contribution in [0.5, 0.6) is 0 Å². The molecule has 2 aromatic heterocycles. The van der Waals surface area contributed by atoms with Gasteiger partial charge >= 0.3 is 0 Å². The molecule has 7 nitrogen and oxygen atoms in total. The van der Waals surface area contributed by atoms with Crippen LogP contribution in [0.25, 0.3) is 11.3 Å². The molecule has 3 rings (SSSR count). The Kier molecular flexibility index (Phi) is 5.78. The first-order valence-electron chi connectivity index (χ1n) is 8.54. The molecule has 0 aliphatic rings. The number of aromatic nitrogens is 3. The number of anilines is 2. The molecule has 0 saturated carbocycles. The molecule has 0 spiro atoms. The molecule has 0 amide bonds. The van der Waals surface area contributed by atoms with Crippen LogP contribution < -0.4 is 10.0 Å². The summed E-state index contributed by atoms with van der Waals surface area (Å²) in [7, 11) is -3.50. The zero-order valence-electron chi connectivity index (χ0n) is 15.1. The molecular weight excluding hydrogens is 362 g/mol. The van der Waals surface area contributed by atoms with Crippen molar-refractivity contribution in [1.82, 2.24) is 19.7 Å². The second-order valence-electron chi connectivity index (χ2n) is 6.40. The number of benzene rings is 1. The summed E-state index contributed by atoms with van der Waals surface area (Å²) in [5.74, 6) is 0.670. The second kappa shape index (κ2) is 8.24. The van der Waals surface area contributed by atoms with Crippen molar-refractivity contribution in [2.45, 2.75) is 18.7 Å². The van der Waals surface area contributed by atoms with Crippen molar-refractivity contribution in [3.8, 4) is 11.3 Å². The van der Waals surface area contributed by atoms with E-state index in [9.17, 15) is 8.42 Å². The Morgan fingerprint density at radius 2 is 1.67 bits per heavy atom. The van der Waals surface area contributed by atoms with Gasteiger partial charge in [-0.25, -0.2) is 23.1 Å². The van der Waals surface area contributed by atoms with Crippen molar-refractivity contribution < 1.29 is 8.42 Å². The fourth-order valence-electron chi connectivity index (χ4n) is 2.31. The summed E-state index contributed by atoms with van der Waals surface area (Å²) in [5, 5.41) is 3.09. The molecule has 140 valence electrons. The second-order valence-corrected chi connectivity index (χ2v) is 8.16. The number of pyridine rings is 1. The first-order valence-corrected chi connectivity index (χ1v) is 10.0. The van der Waals surface area contributed by atoms with Gasteiger partial charge in [0.15, 0.2) is 0 Å². The molecule has 0 unspecified atom stereocenters. The largest absolute Gasteiger partial charge is 0.324 e. The molecule has 0 aliphatic carbocycles. The fraction of sp³-hybridized carbons (Fsp3) is 0.211. The third kappa shape index (κ3) is 5.08. The van der Waals surface area contributed by atoms with Gasteiger partial charge < -0.3 is 5.32 Å². The van der Waals surface area contributed by atoms with Crippen LogP contribution in [0.3, 0.4) is 0 Å². The smallest absolute Gasteiger partial charge is 0.240 e. The Balaban J connectivity index is 1.74. The predicted molar refractivity (Wildman–Crippen MR) is 105 cm³/mol. The van der Waals surface area contributed by atoms with Crippen LogP contribution in [0.2, 0.25) is 0 Å². The topological polar surface area (TPSA) is 96.9 Å². The number of sulfonamides is 1.